The smallest absolute Gasteiger partial charge is 0.339 e. The molecular weight excluding hydrogens is 1090 g/mol. The van der Waals surface area contributed by atoms with Crippen LogP contribution in [0.25, 0.3) is 0 Å². The van der Waals surface area contributed by atoms with Gasteiger partial charge in [0.1, 0.15) is 71.9 Å². The van der Waals surface area contributed by atoms with E-state index in [4.69, 9.17) is 61.6 Å². The molecule has 0 aromatic carbocycles. The molecule has 0 bridgehead atoms. The van der Waals surface area contributed by atoms with Crippen molar-refractivity contribution in [3.8, 4) is 0 Å². The molecule has 24 nitrogen and oxygen atoms in total. The molecule has 5 aliphatic heterocycles. The van der Waals surface area contributed by atoms with Crippen molar-refractivity contribution in [3.05, 3.63) is 41.7 Å². The quantitative estimate of drug-likeness (QED) is 0.0861. The molecule has 1 aromatic rings. The number of hydrogen-bond donors (Lipinski definition) is 8. The second-order valence-corrected chi connectivity index (χ2v) is 25.4. The van der Waals surface area contributed by atoms with Gasteiger partial charge in [0.05, 0.1) is 67.1 Å². The Bertz CT molecular complexity index is 2400. The van der Waals surface area contributed by atoms with Crippen LogP contribution in [0.4, 0.5) is 0 Å². The van der Waals surface area contributed by atoms with Gasteiger partial charge in [0, 0.05) is 69.5 Å². The van der Waals surface area contributed by atoms with E-state index >= 15 is 0 Å². The number of aromatic nitrogens is 1. The summed E-state index contributed by atoms with van der Waals surface area (Å²) < 4.78 is 80.6. The van der Waals surface area contributed by atoms with Crippen LogP contribution in [-0.4, -0.2) is 231 Å². The van der Waals surface area contributed by atoms with E-state index in [2.05, 4.69) is 11.9 Å². The van der Waals surface area contributed by atoms with Gasteiger partial charge in [-0.15, -0.1) is 0 Å². The normalized spacial score (nSPS) is 50.1. The number of nitrogens with zero attached hydrogens (tertiary/aromatic N) is 1. The number of pyridine rings is 1. The molecule has 8 N–H and O–H groups in total. The lowest BCUT2D eigenvalue weighted by molar-refractivity contribution is -0.357. The van der Waals surface area contributed by atoms with Crippen LogP contribution in [0.3, 0.4) is 0 Å². The first kappa shape index (κ1) is 63.3. The lowest BCUT2D eigenvalue weighted by Gasteiger charge is -2.66. The van der Waals surface area contributed by atoms with E-state index in [9.17, 15) is 50.4 Å². The Kier molecular flexibility index (Phi) is 19.1. The van der Waals surface area contributed by atoms with Gasteiger partial charge in [-0.2, -0.15) is 0 Å². The first-order valence-corrected chi connectivity index (χ1v) is 29.7. The van der Waals surface area contributed by atoms with Crippen molar-refractivity contribution in [2.24, 2.45) is 22.7 Å². The van der Waals surface area contributed by atoms with Crippen LogP contribution >= 0.6 is 0 Å². The van der Waals surface area contributed by atoms with Crippen molar-refractivity contribution in [2.45, 2.75) is 272 Å². The number of ether oxygens (including phenoxy) is 13. The number of methoxy groups -OCH3 is 2. The van der Waals surface area contributed by atoms with Crippen LogP contribution in [-0.2, 0) is 66.4 Å². The highest BCUT2D eigenvalue weighted by molar-refractivity contribution is 5.89. The maximum Gasteiger partial charge on any atom is 0.339 e. The number of Topliss-reactive ketones (excluding diaryl/α,β-unsaturated/α-hetero) is 1. The van der Waals surface area contributed by atoms with Gasteiger partial charge in [-0.05, 0) is 97.1 Å². The second-order valence-electron chi connectivity index (χ2n) is 25.4. The summed E-state index contributed by atoms with van der Waals surface area (Å²) in [5.41, 5.74) is -3.78. The van der Waals surface area contributed by atoms with E-state index in [-0.39, 0.29) is 56.0 Å². The number of carbonyl (C=O) groups excluding carboxylic acids is 2. The van der Waals surface area contributed by atoms with Gasteiger partial charge in [0.25, 0.3) is 0 Å². The number of hydrogen-bond acceptors (Lipinski definition) is 24. The van der Waals surface area contributed by atoms with Gasteiger partial charge < -0.3 is 102 Å². The molecule has 10 rings (SSSR count). The summed E-state index contributed by atoms with van der Waals surface area (Å²) >= 11 is 0. The third kappa shape index (κ3) is 11.7. The van der Waals surface area contributed by atoms with Gasteiger partial charge in [0.2, 0.25) is 0 Å². The molecule has 468 valence electrons. The SMILES string of the molecule is CO[C@H]1C[C@H](O[C@H]2CC[C@@]3(C)C(=CC[C@]4(O)[C@@H]3C[C@@H](OC(=O)c3cccnc3)[C@]3(C)[C@H](C(C)=O)CC[C@@]34O)C2)O[C@H](C)[C@H]1O[C@H]1C[C@H](O)[C@H](O[C@H]2C[C@H](O)[C@H](O[C@H]3C[C@@H](OC)[C@H](O[C@@H]4O[C@H](CO)[C@@H](O)[C@H](O)[C@H]4O)[C@@H](C)O3)[C@@H](C)O2)[C@@H](C)O1. The van der Waals surface area contributed by atoms with Crippen molar-refractivity contribution in [2.75, 3.05) is 20.8 Å². The van der Waals surface area contributed by atoms with Crippen molar-refractivity contribution in [3.63, 3.8) is 0 Å². The highest BCUT2D eigenvalue weighted by Crippen LogP contribution is 2.70. The zero-order valence-electron chi connectivity index (χ0n) is 49.0. The third-order valence-electron chi connectivity index (χ3n) is 20.6. The molecule has 1 aromatic heterocycles. The number of carbonyl (C=O) groups is 2. The van der Waals surface area contributed by atoms with Gasteiger partial charge in [-0.3, -0.25) is 9.78 Å². The van der Waals surface area contributed by atoms with E-state index in [0.717, 1.165) is 5.57 Å². The van der Waals surface area contributed by atoms with Crippen molar-refractivity contribution < 1.29 is 112 Å². The summed E-state index contributed by atoms with van der Waals surface area (Å²) in [6.07, 6.45) is -12.3. The minimum atomic E-state index is -1.72. The van der Waals surface area contributed by atoms with Crippen LogP contribution in [0.5, 0.6) is 0 Å². The summed E-state index contributed by atoms with van der Waals surface area (Å²) in [6, 6.07) is 3.27. The van der Waals surface area contributed by atoms with Crippen LogP contribution < -0.4 is 0 Å². The number of aliphatic hydroxyl groups excluding tert-OH is 6. The fraction of sp³-hybridized carbons (Fsp3) is 0.847. The van der Waals surface area contributed by atoms with E-state index in [1.807, 2.05) is 13.0 Å². The van der Waals surface area contributed by atoms with E-state index in [1.54, 1.807) is 53.1 Å². The number of aliphatic hydroxyl groups is 8. The lowest BCUT2D eigenvalue weighted by Crippen LogP contribution is -2.75. The lowest BCUT2D eigenvalue weighted by atomic mass is 9.43. The topological polar surface area (TPSA) is 329 Å². The van der Waals surface area contributed by atoms with Gasteiger partial charge >= 0.3 is 5.97 Å². The van der Waals surface area contributed by atoms with E-state index in [1.165, 1.54) is 20.2 Å². The standard InChI is InChI=1S/C59H89NO23/c1-27(62)35-14-17-59(70)57(35,7)42(79-54(68)32-11-10-18-60-25-32)24-41-56(6)15-13-34(19-33(56)12-16-58(41,59)69)77-45-22-38(71-8)52(30(4)75-45)82-44-21-37(64)50(28(2)74-44)80-43-20-36(63)51(29(3)73-43)81-46-23-39(72-9)53(31(5)76-46)83-55-49(67)48(66)47(65)40(26-61)78-55/h10-12,18,25,28-31,34-53,55,61,63-67,69-70H,13-17,19-24,26H2,1-9H3/t28-,29-,30-,31-,34+,35+,36+,37+,38+,39-,40-,41-,42-,43+,44+,45+,46+,47-,48+,49-,50-,51-,52-,53-,55+,56+,57+,58+,59-/m1/s1. The number of fused-ring (bicyclic) bond motifs is 5. The predicted octanol–water partition coefficient (Wildman–Crippen LogP) is 1.63. The van der Waals surface area contributed by atoms with E-state index < -0.39 is 182 Å². The number of ketones is 1. The Morgan fingerprint density at radius 1 is 0.687 bits per heavy atom. The van der Waals surface area contributed by atoms with Crippen LogP contribution in [0.15, 0.2) is 36.2 Å². The van der Waals surface area contributed by atoms with Gasteiger partial charge in [-0.25, -0.2) is 4.79 Å². The fourth-order valence-corrected chi connectivity index (χ4v) is 15.9. The summed E-state index contributed by atoms with van der Waals surface area (Å²) in [5, 5.41) is 89.5. The molecule has 24 heteroatoms. The largest absolute Gasteiger partial charge is 0.458 e. The molecule has 0 amide bonds. The van der Waals surface area contributed by atoms with Crippen molar-refractivity contribution in [1.82, 2.24) is 4.98 Å². The molecule has 3 saturated carbocycles. The Balaban J connectivity index is 0.704. The summed E-state index contributed by atoms with van der Waals surface area (Å²) in [7, 11) is 3.07. The van der Waals surface area contributed by atoms with Crippen LogP contribution in [0.1, 0.15) is 129 Å². The maximum atomic E-state index is 13.7. The molecule has 6 heterocycles. The molecule has 0 radical (unpaired) electrons. The molecule has 83 heavy (non-hydrogen) atoms. The number of esters is 1. The molecule has 4 aliphatic carbocycles. The maximum absolute atomic E-state index is 13.7. The second kappa shape index (κ2) is 25.0. The minimum absolute atomic E-state index is 0.00141. The summed E-state index contributed by atoms with van der Waals surface area (Å²) in [4.78, 5) is 31.0. The summed E-state index contributed by atoms with van der Waals surface area (Å²) in [6.45, 7) is 11.9. The van der Waals surface area contributed by atoms with Crippen molar-refractivity contribution >= 4 is 11.8 Å². The molecule has 9 aliphatic rings. The zero-order chi connectivity index (χ0) is 59.7. The Morgan fingerprint density at radius 3 is 1.78 bits per heavy atom. The van der Waals surface area contributed by atoms with Gasteiger partial charge in [0.15, 0.2) is 31.5 Å². The Hall–Kier alpha value is -2.77. The molecule has 5 saturated heterocycles. The fourth-order valence-electron chi connectivity index (χ4n) is 15.9. The average Bonchev–Trinajstić information content (AvgIpc) is 1.72. The highest BCUT2D eigenvalue weighted by Gasteiger charge is 2.77. The minimum Gasteiger partial charge on any atom is -0.458 e. The molecule has 0 spiro atoms. The zero-order valence-corrected chi connectivity index (χ0v) is 49.0. The molecule has 8 fully saturated rings. The van der Waals surface area contributed by atoms with Gasteiger partial charge in [-0.1, -0.05) is 25.5 Å². The first-order valence-electron chi connectivity index (χ1n) is 29.7. The highest BCUT2D eigenvalue weighted by atomic mass is 16.8. The van der Waals surface area contributed by atoms with E-state index in [0.29, 0.717) is 32.1 Å². The molecule has 29 atom stereocenters. The first-order chi connectivity index (χ1) is 39.4. The van der Waals surface area contributed by atoms with Crippen molar-refractivity contribution in [1.29, 1.82) is 0 Å². The molecular formula is C59H89NO23. The Labute approximate surface area is 484 Å². The Morgan fingerprint density at radius 2 is 1.24 bits per heavy atom. The average molecular weight is 1180 g/mol. The predicted molar refractivity (Wildman–Crippen MR) is 285 cm³/mol. The van der Waals surface area contributed by atoms with Crippen LogP contribution in [0, 0.1) is 22.7 Å². The monoisotopic (exact) mass is 1180 g/mol. The summed E-state index contributed by atoms with van der Waals surface area (Å²) in [5.74, 6) is -1.83. The third-order valence-corrected chi connectivity index (χ3v) is 20.6. The van der Waals surface area contributed by atoms with Crippen LogP contribution in [0.2, 0.25) is 0 Å². The number of rotatable bonds is 16. The molecule has 0 unspecified atom stereocenters.